The van der Waals surface area contributed by atoms with Crippen LogP contribution in [0.25, 0.3) is 5.70 Å². The van der Waals surface area contributed by atoms with Crippen LogP contribution in [-0.4, -0.2) is 134 Å². The van der Waals surface area contributed by atoms with Crippen molar-refractivity contribution in [2.24, 2.45) is 17.2 Å². The third-order valence-corrected chi connectivity index (χ3v) is 13.2. The van der Waals surface area contributed by atoms with Crippen LogP contribution in [0.2, 0.25) is 0 Å². The lowest BCUT2D eigenvalue weighted by atomic mass is 10.0. The van der Waals surface area contributed by atoms with E-state index >= 15 is 0 Å². The van der Waals surface area contributed by atoms with Gasteiger partial charge in [0.05, 0.1) is 37.0 Å². The summed E-state index contributed by atoms with van der Waals surface area (Å²) in [5.74, 6) is 0.627. The smallest absolute Gasteiger partial charge is 0.320 e. The van der Waals surface area contributed by atoms with Crippen LogP contribution in [0.3, 0.4) is 0 Å². The van der Waals surface area contributed by atoms with E-state index in [9.17, 15) is 19.5 Å². The number of morpholine rings is 1. The molecule has 61 heavy (non-hydrogen) atoms. The number of ether oxygens (including phenoxy) is 2. The van der Waals surface area contributed by atoms with Gasteiger partial charge in [-0.2, -0.15) is 0 Å². The molecule has 3 unspecified atom stereocenters. The number of likely N-dealkylation sites (tertiary alicyclic amines) is 1. The maximum absolute atomic E-state index is 13.7. The van der Waals surface area contributed by atoms with Gasteiger partial charge in [-0.05, 0) is 55.3 Å². The molecule has 3 aromatic carbocycles. The van der Waals surface area contributed by atoms with Gasteiger partial charge >= 0.3 is 6.03 Å². The fourth-order valence-electron chi connectivity index (χ4n) is 9.97. The number of carbonyl (C=O) groups excluding carboxylic acids is 3. The number of benzene rings is 3. The molecule has 0 saturated carbocycles. The van der Waals surface area contributed by atoms with Crippen molar-refractivity contribution in [3.05, 3.63) is 95.5 Å². The number of nitrogens with zero attached hydrogens (tertiary/aromatic N) is 6. The summed E-state index contributed by atoms with van der Waals surface area (Å²) in [6.45, 7) is 5.79. The molecule has 9 rings (SSSR count). The van der Waals surface area contributed by atoms with Crippen LogP contribution in [0, 0.1) is 0 Å². The first-order valence-electron chi connectivity index (χ1n) is 21.4. The molecule has 16 heteroatoms. The number of nitrogens with one attached hydrogen (secondary N) is 1. The molecule has 322 valence electrons. The highest BCUT2D eigenvalue weighted by atomic mass is 16.5. The lowest BCUT2D eigenvalue weighted by molar-refractivity contribution is -0.134. The minimum atomic E-state index is -0.326. The van der Waals surface area contributed by atoms with Crippen molar-refractivity contribution < 1.29 is 29.0 Å². The summed E-state index contributed by atoms with van der Waals surface area (Å²) < 4.78 is 12.6. The number of piperazine rings is 1. The molecule has 8 N–H and O–H groups in total. The van der Waals surface area contributed by atoms with E-state index in [4.69, 9.17) is 26.7 Å². The summed E-state index contributed by atoms with van der Waals surface area (Å²) in [5.41, 5.74) is 24.9. The molecular formula is C45H56N10O6. The van der Waals surface area contributed by atoms with Crippen LogP contribution in [-0.2, 0) is 20.7 Å². The largest absolute Gasteiger partial charge is 0.507 e. The number of hydrogen-bond acceptors (Lipinski definition) is 13. The van der Waals surface area contributed by atoms with Gasteiger partial charge in [-0.1, -0.05) is 24.3 Å². The van der Waals surface area contributed by atoms with Crippen LogP contribution < -0.4 is 42.0 Å². The minimum absolute atomic E-state index is 0.00934. The lowest BCUT2D eigenvalue weighted by Crippen LogP contribution is -2.64. The van der Waals surface area contributed by atoms with Crippen molar-refractivity contribution in [1.29, 1.82) is 0 Å². The van der Waals surface area contributed by atoms with E-state index in [2.05, 4.69) is 49.2 Å². The van der Waals surface area contributed by atoms with Crippen molar-refractivity contribution in [1.82, 2.24) is 20.0 Å². The zero-order valence-corrected chi connectivity index (χ0v) is 34.6. The first-order chi connectivity index (χ1) is 29.5. The van der Waals surface area contributed by atoms with E-state index in [1.165, 1.54) is 5.56 Å². The van der Waals surface area contributed by atoms with Gasteiger partial charge in [0.25, 0.3) is 0 Å². The summed E-state index contributed by atoms with van der Waals surface area (Å²) >= 11 is 0. The summed E-state index contributed by atoms with van der Waals surface area (Å²) in [6.07, 6.45) is 4.95. The highest BCUT2D eigenvalue weighted by Gasteiger charge is 2.41. The van der Waals surface area contributed by atoms with E-state index in [0.29, 0.717) is 69.2 Å². The molecule has 3 atom stereocenters. The zero-order valence-electron chi connectivity index (χ0n) is 34.6. The van der Waals surface area contributed by atoms with Gasteiger partial charge in [-0.15, -0.1) is 0 Å². The number of hydrogen-bond donors (Lipinski definition) is 5. The Kier molecular flexibility index (Phi) is 10.9. The molecule has 6 aliphatic rings. The first kappa shape index (κ1) is 40.1. The molecule has 0 radical (unpaired) electrons. The molecule has 2 bridgehead atoms. The molecule has 3 aromatic rings. The Balaban J connectivity index is 0.773. The number of carbonyl (C=O) groups is 3. The number of likely N-dealkylation sites (N-methyl/N-ethyl adjacent to an activating group) is 1. The quantitative estimate of drug-likeness (QED) is 0.156. The number of rotatable bonds is 9. The Morgan fingerprint density at radius 1 is 0.869 bits per heavy atom. The summed E-state index contributed by atoms with van der Waals surface area (Å²) in [6, 6.07) is 21.3. The standard InChI is InChI=1S/C45H56N10O6/c1-50(29-22-52(23-29)37-9-5-10-38-35(37)16-19-54(38)39-12-13-42(57)49-44(39)58)45(59)51-17-14-32(15-18-51)61-33-7-4-6-28(20-33)55-30-24-53(25-31(55)27-60-26-30)40(43(47)48)21-36(46)34-8-2-3-11-41(34)56/h2-11,20-21,29-32,39,56H,12-19,22-27,46-48H2,1H3,(H,49,57,58)/b36-21-. The third-order valence-electron chi connectivity index (χ3n) is 13.2. The fourth-order valence-corrected chi connectivity index (χ4v) is 9.97. The summed E-state index contributed by atoms with van der Waals surface area (Å²) in [4.78, 5) is 51.0. The number of para-hydroxylation sites is 1. The van der Waals surface area contributed by atoms with Crippen molar-refractivity contribution in [2.75, 3.05) is 80.8 Å². The Bertz CT molecular complexity index is 2220. The van der Waals surface area contributed by atoms with Crippen molar-refractivity contribution >= 4 is 40.6 Å². The van der Waals surface area contributed by atoms with E-state index in [1.807, 2.05) is 41.1 Å². The Hall–Kier alpha value is -6.29. The number of aromatic hydroxyl groups is 1. The number of allylic oxidation sites excluding steroid dienone is 1. The molecule has 4 amide bonds. The van der Waals surface area contributed by atoms with Crippen LogP contribution in [0.4, 0.5) is 21.9 Å². The Morgan fingerprint density at radius 2 is 1.59 bits per heavy atom. The molecule has 0 aromatic heterocycles. The molecule has 0 spiro atoms. The van der Waals surface area contributed by atoms with Crippen LogP contribution in [0.1, 0.15) is 36.8 Å². The Morgan fingerprint density at radius 3 is 2.31 bits per heavy atom. The van der Waals surface area contributed by atoms with Gasteiger partial charge in [-0.3, -0.25) is 14.9 Å². The zero-order chi connectivity index (χ0) is 42.4. The van der Waals surface area contributed by atoms with Gasteiger partial charge in [0, 0.05) is 112 Å². The average molecular weight is 833 g/mol. The summed E-state index contributed by atoms with van der Waals surface area (Å²) in [5, 5.41) is 12.9. The van der Waals surface area contributed by atoms with Gasteiger partial charge in [0.2, 0.25) is 11.8 Å². The molecule has 6 heterocycles. The molecule has 6 aliphatic heterocycles. The second-order valence-corrected chi connectivity index (χ2v) is 17.1. The van der Waals surface area contributed by atoms with E-state index < -0.39 is 0 Å². The molecule has 0 aliphatic carbocycles. The number of fused-ring (bicyclic) bond motifs is 3. The molecule has 5 saturated heterocycles. The molecule has 16 nitrogen and oxygen atoms in total. The van der Waals surface area contributed by atoms with Gasteiger partial charge in [0.15, 0.2) is 0 Å². The number of phenols is 1. The molecular weight excluding hydrogens is 777 g/mol. The fraction of sp³-hybridized carbons (Fsp3) is 0.444. The Labute approximate surface area is 356 Å². The monoisotopic (exact) mass is 832 g/mol. The van der Waals surface area contributed by atoms with Crippen molar-refractivity contribution in [2.45, 2.75) is 62.4 Å². The van der Waals surface area contributed by atoms with Gasteiger partial charge in [-0.25, -0.2) is 4.79 Å². The van der Waals surface area contributed by atoms with E-state index in [-0.39, 0.29) is 59.7 Å². The van der Waals surface area contributed by atoms with Crippen LogP contribution >= 0.6 is 0 Å². The second kappa shape index (κ2) is 16.6. The predicted molar refractivity (Wildman–Crippen MR) is 233 cm³/mol. The van der Waals surface area contributed by atoms with Crippen molar-refractivity contribution in [3.8, 4) is 11.5 Å². The maximum atomic E-state index is 13.7. The van der Waals surface area contributed by atoms with Crippen molar-refractivity contribution in [3.63, 3.8) is 0 Å². The SMILES string of the molecule is CN(C(=O)N1CCC(Oc2cccc(N3C4COCC3CN(C(/C=C(\N)c3ccccc3O)=C(N)N)C4)c2)CC1)C1CN(c2cccc3c2CCN3C2CCC(=O)NC2=O)C1. The molecule has 5 fully saturated rings. The highest BCUT2D eigenvalue weighted by molar-refractivity contribution is 6.02. The average Bonchev–Trinajstić information content (AvgIpc) is 3.66. The maximum Gasteiger partial charge on any atom is 0.320 e. The predicted octanol–water partition coefficient (Wildman–Crippen LogP) is 2.32. The minimum Gasteiger partial charge on any atom is -0.507 e. The third kappa shape index (κ3) is 7.91. The first-order valence-corrected chi connectivity index (χ1v) is 21.4. The topological polar surface area (TPSA) is 199 Å². The van der Waals surface area contributed by atoms with E-state index in [1.54, 1.807) is 24.3 Å². The van der Waals surface area contributed by atoms with Crippen LogP contribution in [0.15, 0.2) is 84.3 Å². The van der Waals surface area contributed by atoms with Gasteiger partial charge < -0.3 is 61.2 Å². The van der Waals surface area contributed by atoms with Crippen LogP contribution in [0.5, 0.6) is 11.5 Å². The lowest BCUT2D eigenvalue weighted by Gasteiger charge is -2.52. The summed E-state index contributed by atoms with van der Waals surface area (Å²) in [7, 11) is 1.91. The number of urea groups is 1. The normalized spacial score (nSPS) is 23.3. The number of phenolic OH excluding ortho intramolecular Hbond substituents is 1. The van der Waals surface area contributed by atoms with Gasteiger partial charge in [0.1, 0.15) is 29.5 Å². The highest BCUT2D eigenvalue weighted by Crippen LogP contribution is 2.40. The number of anilines is 3. The van der Waals surface area contributed by atoms with E-state index in [0.717, 1.165) is 61.7 Å². The second-order valence-electron chi connectivity index (χ2n) is 17.1. The number of amides is 4. The number of nitrogens with two attached hydrogens (primary N) is 3. The number of piperidine rings is 2. The number of imide groups is 1.